The number of nitrogens with zero attached hydrogens (tertiary/aromatic N) is 1. The molecule has 80 valence electrons. The van der Waals surface area contributed by atoms with Gasteiger partial charge in [-0.1, -0.05) is 0 Å². The number of likely N-dealkylation sites (tertiary alicyclic amines) is 1. The molecule has 1 aliphatic heterocycles. The number of carbonyl (C=O) groups is 2. The van der Waals surface area contributed by atoms with Crippen molar-refractivity contribution < 1.29 is 24.9 Å². The van der Waals surface area contributed by atoms with Gasteiger partial charge in [-0.3, -0.25) is 9.59 Å². The van der Waals surface area contributed by atoms with E-state index in [1.54, 1.807) is 0 Å². The van der Waals surface area contributed by atoms with E-state index in [0.29, 0.717) is 6.41 Å². The molecule has 0 aromatic carbocycles. The Hall–Kier alpha value is -1.18. The SMILES string of the molecule is O=CNCC(=O)N1CCC(O)(O)C1O. The molecule has 7 heteroatoms. The molecular formula is C7H12N2O5. The average Bonchev–Trinajstić information content (AvgIpc) is 2.39. The third-order valence-corrected chi connectivity index (χ3v) is 2.09. The molecule has 4 N–H and O–H groups in total. The van der Waals surface area contributed by atoms with Crippen molar-refractivity contribution in [3.8, 4) is 0 Å². The second kappa shape index (κ2) is 3.91. The second-order valence-electron chi connectivity index (χ2n) is 3.09. The molecule has 14 heavy (non-hydrogen) atoms. The lowest BCUT2D eigenvalue weighted by molar-refractivity contribution is -0.231. The minimum Gasteiger partial charge on any atom is -0.368 e. The molecule has 0 aromatic heterocycles. The molecule has 1 atom stereocenters. The quantitative estimate of drug-likeness (QED) is 0.288. The fourth-order valence-electron chi connectivity index (χ4n) is 1.28. The topological polar surface area (TPSA) is 110 Å². The highest BCUT2D eigenvalue weighted by atomic mass is 16.5. The molecule has 1 aliphatic rings. The van der Waals surface area contributed by atoms with Gasteiger partial charge in [0.2, 0.25) is 18.1 Å². The Balaban J connectivity index is 2.54. The van der Waals surface area contributed by atoms with Crippen LogP contribution in [0.2, 0.25) is 0 Å². The number of amides is 2. The van der Waals surface area contributed by atoms with Gasteiger partial charge in [-0.25, -0.2) is 0 Å². The fourth-order valence-corrected chi connectivity index (χ4v) is 1.28. The number of nitrogens with one attached hydrogen (secondary N) is 1. The van der Waals surface area contributed by atoms with Gasteiger partial charge < -0.3 is 25.5 Å². The van der Waals surface area contributed by atoms with E-state index in [1.165, 1.54) is 0 Å². The Morgan fingerprint density at radius 2 is 2.29 bits per heavy atom. The number of aliphatic hydroxyl groups excluding tert-OH is 1. The lowest BCUT2D eigenvalue weighted by Crippen LogP contribution is -2.48. The summed E-state index contributed by atoms with van der Waals surface area (Å²) < 4.78 is 0. The van der Waals surface area contributed by atoms with Crippen molar-refractivity contribution in [3.63, 3.8) is 0 Å². The monoisotopic (exact) mass is 204 g/mol. The number of hydrogen-bond donors (Lipinski definition) is 4. The number of rotatable bonds is 3. The lowest BCUT2D eigenvalue weighted by atomic mass is 10.2. The fraction of sp³-hybridized carbons (Fsp3) is 0.714. The van der Waals surface area contributed by atoms with E-state index in [-0.39, 0.29) is 19.5 Å². The summed E-state index contributed by atoms with van der Waals surface area (Å²) in [4.78, 5) is 22.0. The van der Waals surface area contributed by atoms with E-state index in [9.17, 15) is 14.7 Å². The Kier molecular flexibility index (Phi) is 3.04. The average molecular weight is 204 g/mol. The maximum absolute atomic E-state index is 11.2. The van der Waals surface area contributed by atoms with Crippen molar-refractivity contribution in [1.29, 1.82) is 0 Å². The van der Waals surface area contributed by atoms with Gasteiger partial charge in [0.1, 0.15) is 0 Å². The molecule has 7 nitrogen and oxygen atoms in total. The highest BCUT2D eigenvalue weighted by Crippen LogP contribution is 2.23. The molecule has 0 aliphatic carbocycles. The van der Waals surface area contributed by atoms with Crippen LogP contribution in [0.4, 0.5) is 0 Å². The van der Waals surface area contributed by atoms with Crippen molar-refractivity contribution in [1.82, 2.24) is 10.2 Å². The maximum Gasteiger partial charge on any atom is 0.244 e. The summed E-state index contributed by atoms with van der Waals surface area (Å²) in [5, 5.41) is 29.7. The molecule has 1 unspecified atom stereocenters. The van der Waals surface area contributed by atoms with E-state index < -0.39 is 17.9 Å². The van der Waals surface area contributed by atoms with Gasteiger partial charge in [0.05, 0.1) is 6.54 Å². The smallest absolute Gasteiger partial charge is 0.244 e. The van der Waals surface area contributed by atoms with E-state index in [4.69, 9.17) is 10.2 Å². The van der Waals surface area contributed by atoms with Crippen LogP contribution in [-0.4, -0.2) is 57.6 Å². The minimum absolute atomic E-state index is 0.0491. The van der Waals surface area contributed by atoms with Gasteiger partial charge in [0, 0.05) is 13.0 Å². The maximum atomic E-state index is 11.2. The predicted molar refractivity (Wildman–Crippen MR) is 43.6 cm³/mol. The summed E-state index contributed by atoms with van der Waals surface area (Å²) >= 11 is 0. The minimum atomic E-state index is -2.25. The predicted octanol–water partition coefficient (Wildman–Crippen LogP) is -3.04. The third-order valence-electron chi connectivity index (χ3n) is 2.09. The van der Waals surface area contributed by atoms with E-state index in [1.807, 2.05) is 0 Å². The number of hydrogen-bond acceptors (Lipinski definition) is 5. The lowest BCUT2D eigenvalue weighted by Gasteiger charge is -2.25. The van der Waals surface area contributed by atoms with Crippen molar-refractivity contribution >= 4 is 12.3 Å². The Bertz CT molecular complexity index is 242. The van der Waals surface area contributed by atoms with Crippen LogP contribution < -0.4 is 5.32 Å². The summed E-state index contributed by atoms with van der Waals surface area (Å²) in [6, 6.07) is 0. The molecule has 1 heterocycles. The highest BCUT2D eigenvalue weighted by molar-refractivity contribution is 5.80. The van der Waals surface area contributed by atoms with Crippen LogP contribution in [0.25, 0.3) is 0 Å². The molecule has 0 spiro atoms. The highest BCUT2D eigenvalue weighted by Gasteiger charge is 2.45. The van der Waals surface area contributed by atoms with Crippen molar-refractivity contribution in [2.45, 2.75) is 18.4 Å². The van der Waals surface area contributed by atoms with Crippen molar-refractivity contribution in [2.75, 3.05) is 13.1 Å². The van der Waals surface area contributed by atoms with Crippen molar-refractivity contribution in [2.24, 2.45) is 0 Å². The van der Waals surface area contributed by atoms with Crippen LogP contribution in [0.3, 0.4) is 0 Å². The third kappa shape index (κ3) is 2.00. The molecule has 0 saturated carbocycles. The zero-order chi connectivity index (χ0) is 10.8. The molecule has 1 rings (SSSR count). The molecule has 1 saturated heterocycles. The molecule has 0 radical (unpaired) electrons. The van der Waals surface area contributed by atoms with Gasteiger partial charge in [-0.2, -0.15) is 0 Å². The summed E-state index contributed by atoms with van der Waals surface area (Å²) in [6.45, 7) is -0.218. The number of carbonyl (C=O) groups excluding carboxylic acids is 2. The molecule has 0 bridgehead atoms. The Labute approximate surface area is 79.9 Å². The second-order valence-corrected chi connectivity index (χ2v) is 3.09. The first-order chi connectivity index (χ1) is 6.49. The van der Waals surface area contributed by atoms with E-state index in [2.05, 4.69) is 5.32 Å². The Morgan fingerprint density at radius 3 is 2.71 bits per heavy atom. The zero-order valence-electron chi connectivity index (χ0n) is 7.38. The first-order valence-corrected chi connectivity index (χ1v) is 4.08. The van der Waals surface area contributed by atoms with Crippen LogP contribution >= 0.6 is 0 Å². The first kappa shape index (κ1) is 10.9. The largest absolute Gasteiger partial charge is 0.368 e. The normalized spacial score (nSPS) is 24.8. The number of aliphatic hydroxyl groups is 3. The molecular weight excluding hydrogens is 192 g/mol. The van der Waals surface area contributed by atoms with Crippen LogP contribution in [0.5, 0.6) is 0 Å². The standard InChI is InChI=1S/C7H12N2O5/c10-4-8-3-5(11)9-2-1-7(13,14)6(9)12/h4,6,12-14H,1-3H2,(H,8,10). The van der Waals surface area contributed by atoms with Crippen LogP contribution in [0.15, 0.2) is 0 Å². The van der Waals surface area contributed by atoms with E-state index in [0.717, 1.165) is 4.90 Å². The van der Waals surface area contributed by atoms with Crippen LogP contribution in [0, 0.1) is 0 Å². The van der Waals surface area contributed by atoms with Gasteiger partial charge >= 0.3 is 0 Å². The first-order valence-electron chi connectivity index (χ1n) is 4.08. The van der Waals surface area contributed by atoms with Crippen LogP contribution in [0.1, 0.15) is 6.42 Å². The summed E-state index contributed by atoms with van der Waals surface area (Å²) in [7, 11) is 0. The Morgan fingerprint density at radius 1 is 1.64 bits per heavy atom. The van der Waals surface area contributed by atoms with Gasteiger partial charge in [0.15, 0.2) is 6.23 Å². The van der Waals surface area contributed by atoms with E-state index >= 15 is 0 Å². The van der Waals surface area contributed by atoms with Gasteiger partial charge in [0.25, 0.3) is 0 Å². The van der Waals surface area contributed by atoms with Crippen LogP contribution in [-0.2, 0) is 9.59 Å². The van der Waals surface area contributed by atoms with Gasteiger partial charge in [-0.05, 0) is 0 Å². The molecule has 0 aromatic rings. The summed E-state index contributed by atoms with van der Waals surface area (Å²) in [5.74, 6) is -2.81. The molecule has 1 fully saturated rings. The van der Waals surface area contributed by atoms with Crippen molar-refractivity contribution in [3.05, 3.63) is 0 Å². The summed E-state index contributed by atoms with van der Waals surface area (Å²) in [5.41, 5.74) is 0. The molecule has 2 amide bonds. The summed E-state index contributed by atoms with van der Waals surface area (Å²) in [6.07, 6.45) is -1.39. The zero-order valence-corrected chi connectivity index (χ0v) is 7.38. The van der Waals surface area contributed by atoms with Gasteiger partial charge in [-0.15, -0.1) is 0 Å².